The lowest BCUT2D eigenvalue weighted by Gasteiger charge is -2.36. The van der Waals surface area contributed by atoms with Crippen LogP contribution in [0.15, 0.2) is 67.5 Å². The summed E-state index contributed by atoms with van der Waals surface area (Å²) in [4.78, 5) is 47.3. The maximum Gasteiger partial charge on any atom is 0.320 e. The van der Waals surface area contributed by atoms with Crippen LogP contribution in [0.25, 0.3) is 28.2 Å². The number of aromatic nitrogens is 4. The zero-order valence-electron chi connectivity index (χ0n) is 24.8. The molecule has 226 valence electrons. The summed E-state index contributed by atoms with van der Waals surface area (Å²) in [5, 5.41) is 0. The number of rotatable bonds is 5. The van der Waals surface area contributed by atoms with Crippen molar-refractivity contribution in [2.45, 2.75) is 25.2 Å². The average Bonchev–Trinajstić information content (AvgIpc) is 3.85. The Kier molecular flexibility index (Phi) is 7.37. The highest BCUT2D eigenvalue weighted by Crippen LogP contribution is 2.34. The Morgan fingerprint density at radius 1 is 0.886 bits per heavy atom. The second-order valence-electron chi connectivity index (χ2n) is 11.8. The van der Waals surface area contributed by atoms with Gasteiger partial charge in [-0.3, -0.25) is 9.36 Å². The molecule has 3 aliphatic heterocycles. The molecule has 0 bridgehead atoms. The number of nitrogens with zero attached hydrogens (tertiary/aromatic N) is 8. The van der Waals surface area contributed by atoms with Gasteiger partial charge in [0.15, 0.2) is 11.5 Å². The van der Waals surface area contributed by atoms with Crippen molar-refractivity contribution < 1.29 is 9.59 Å². The van der Waals surface area contributed by atoms with E-state index in [0.29, 0.717) is 44.4 Å². The molecular weight excluding hydrogens is 554 g/mol. The van der Waals surface area contributed by atoms with E-state index in [2.05, 4.69) is 51.4 Å². The summed E-state index contributed by atoms with van der Waals surface area (Å²) < 4.78 is 2.06. The third-order valence-corrected chi connectivity index (χ3v) is 9.15. The highest BCUT2D eigenvalue weighted by Gasteiger charge is 2.32. The van der Waals surface area contributed by atoms with Gasteiger partial charge in [-0.1, -0.05) is 18.7 Å². The van der Waals surface area contributed by atoms with Crippen LogP contribution >= 0.6 is 0 Å². The topological polar surface area (TPSA) is 117 Å². The van der Waals surface area contributed by atoms with E-state index < -0.39 is 0 Å². The molecule has 1 unspecified atom stereocenters. The molecule has 3 amide bonds. The van der Waals surface area contributed by atoms with Crippen molar-refractivity contribution >= 4 is 34.6 Å². The first-order valence-electron chi connectivity index (χ1n) is 15.4. The molecule has 11 heteroatoms. The number of imidazole rings is 1. The summed E-state index contributed by atoms with van der Waals surface area (Å²) in [5.74, 6) is 1.30. The van der Waals surface area contributed by atoms with Crippen molar-refractivity contribution in [2.24, 2.45) is 0 Å². The second-order valence-corrected chi connectivity index (χ2v) is 11.8. The fourth-order valence-electron chi connectivity index (χ4n) is 6.68. The summed E-state index contributed by atoms with van der Waals surface area (Å²) in [7, 11) is 0. The van der Waals surface area contributed by atoms with E-state index in [4.69, 9.17) is 15.7 Å². The second kappa shape index (κ2) is 11.6. The Morgan fingerprint density at radius 3 is 2.36 bits per heavy atom. The number of anilines is 2. The standard InChI is InChI=1S/C33H37N9O2/c1-2-29(43)39-16-18-40(19-17-39)33(44)41-15-11-24(22-41)23-7-9-25(10-8-23)42-31(27-6-5-12-35-30(27)34)37-28-20-26(21-36-32(28)42)38-13-3-4-14-38/h2,5-10,12,20-21,24H,1,3-4,11,13-19,22H2,(H2,34,35). The van der Waals surface area contributed by atoms with Crippen LogP contribution in [-0.4, -0.2) is 98.5 Å². The molecular formula is C33H37N9O2. The highest BCUT2D eigenvalue weighted by molar-refractivity contribution is 5.87. The van der Waals surface area contributed by atoms with Crippen LogP contribution in [0, 0.1) is 0 Å². The van der Waals surface area contributed by atoms with Crippen molar-refractivity contribution in [3.8, 4) is 17.1 Å². The van der Waals surface area contributed by atoms with Crippen LogP contribution in [0.2, 0.25) is 0 Å². The van der Waals surface area contributed by atoms with E-state index in [1.165, 1.54) is 24.5 Å². The Bertz CT molecular complexity index is 1700. The molecule has 3 fully saturated rings. The minimum Gasteiger partial charge on any atom is -0.383 e. The molecule has 0 saturated carbocycles. The van der Waals surface area contributed by atoms with Gasteiger partial charge in [-0.25, -0.2) is 19.7 Å². The number of fused-ring (bicyclic) bond motifs is 1. The molecule has 3 aromatic heterocycles. The Morgan fingerprint density at radius 2 is 1.64 bits per heavy atom. The van der Waals surface area contributed by atoms with Crippen LogP contribution in [0.5, 0.6) is 0 Å². The third-order valence-electron chi connectivity index (χ3n) is 9.15. The van der Waals surface area contributed by atoms with Crippen LogP contribution in [0.1, 0.15) is 30.7 Å². The molecule has 44 heavy (non-hydrogen) atoms. The molecule has 1 aromatic carbocycles. The van der Waals surface area contributed by atoms with E-state index in [1.807, 2.05) is 28.1 Å². The van der Waals surface area contributed by atoms with E-state index >= 15 is 0 Å². The molecule has 1 atom stereocenters. The molecule has 6 heterocycles. The van der Waals surface area contributed by atoms with Gasteiger partial charge in [-0.2, -0.15) is 0 Å². The van der Waals surface area contributed by atoms with Crippen molar-refractivity contribution in [1.29, 1.82) is 0 Å². The predicted molar refractivity (Wildman–Crippen MR) is 171 cm³/mol. The third kappa shape index (κ3) is 5.12. The molecule has 0 spiro atoms. The van der Waals surface area contributed by atoms with Crippen molar-refractivity contribution in [1.82, 2.24) is 34.2 Å². The van der Waals surface area contributed by atoms with Gasteiger partial charge in [-0.05, 0) is 61.2 Å². The van der Waals surface area contributed by atoms with E-state index in [9.17, 15) is 9.59 Å². The molecule has 2 N–H and O–H groups in total. The van der Waals surface area contributed by atoms with E-state index in [-0.39, 0.29) is 17.9 Å². The zero-order valence-corrected chi connectivity index (χ0v) is 24.8. The first-order chi connectivity index (χ1) is 21.5. The molecule has 3 aliphatic rings. The minimum atomic E-state index is -0.0795. The van der Waals surface area contributed by atoms with Crippen molar-refractivity contribution in [2.75, 3.05) is 63.0 Å². The van der Waals surface area contributed by atoms with Crippen LogP contribution in [0.4, 0.5) is 16.3 Å². The van der Waals surface area contributed by atoms with E-state index in [0.717, 1.165) is 54.2 Å². The lowest BCUT2D eigenvalue weighted by Crippen LogP contribution is -2.53. The number of hydrogen-bond donors (Lipinski definition) is 1. The van der Waals surface area contributed by atoms with Gasteiger partial charge in [0, 0.05) is 70.2 Å². The lowest BCUT2D eigenvalue weighted by molar-refractivity contribution is -0.127. The minimum absolute atomic E-state index is 0.0535. The largest absolute Gasteiger partial charge is 0.383 e. The summed E-state index contributed by atoms with van der Waals surface area (Å²) in [6.07, 6.45) is 8.25. The van der Waals surface area contributed by atoms with Crippen molar-refractivity contribution in [3.05, 3.63) is 73.1 Å². The SMILES string of the molecule is C=CC(=O)N1CCN(C(=O)N2CCC(c3ccc(-n4c(-c5cccnc5N)nc5cc(N6CCCC6)cnc54)cc3)C2)CC1. The number of amides is 3. The van der Waals surface area contributed by atoms with Crippen LogP contribution < -0.4 is 10.6 Å². The number of piperazine rings is 1. The first kappa shape index (κ1) is 27.9. The van der Waals surface area contributed by atoms with Crippen LogP contribution in [-0.2, 0) is 4.79 Å². The van der Waals surface area contributed by atoms with Gasteiger partial charge >= 0.3 is 6.03 Å². The molecule has 3 saturated heterocycles. The van der Waals surface area contributed by atoms with E-state index in [1.54, 1.807) is 11.1 Å². The fraction of sp³-hybridized carbons (Fsp3) is 0.364. The van der Waals surface area contributed by atoms with Gasteiger partial charge in [0.2, 0.25) is 5.91 Å². The number of urea groups is 1. The van der Waals surface area contributed by atoms with Gasteiger partial charge in [0.25, 0.3) is 0 Å². The number of benzene rings is 1. The molecule has 11 nitrogen and oxygen atoms in total. The maximum atomic E-state index is 13.3. The number of carbonyl (C=O) groups excluding carboxylic acids is 2. The number of nitrogens with two attached hydrogens (primary N) is 1. The smallest absolute Gasteiger partial charge is 0.320 e. The molecule has 0 radical (unpaired) electrons. The highest BCUT2D eigenvalue weighted by atomic mass is 16.2. The number of nitrogen functional groups attached to an aromatic ring is 1. The van der Waals surface area contributed by atoms with Crippen LogP contribution in [0.3, 0.4) is 0 Å². The van der Waals surface area contributed by atoms with Crippen molar-refractivity contribution in [3.63, 3.8) is 0 Å². The van der Waals surface area contributed by atoms with Gasteiger partial charge < -0.3 is 25.3 Å². The van der Waals surface area contributed by atoms with Gasteiger partial charge in [-0.15, -0.1) is 0 Å². The molecule has 7 rings (SSSR count). The molecule has 4 aromatic rings. The zero-order chi connectivity index (χ0) is 30.2. The maximum absolute atomic E-state index is 13.3. The summed E-state index contributed by atoms with van der Waals surface area (Å²) >= 11 is 0. The molecule has 0 aliphatic carbocycles. The number of pyridine rings is 2. The Labute approximate surface area is 256 Å². The van der Waals surface area contributed by atoms with Gasteiger partial charge in [0.05, 0.1) is 17.4 Å². The van der Waals surface area contributed by atoms with Gasteiger partial charge in [0.1, 0.15) is 11.3 Å². The summed E-state index contributed by atoms with van der Waals surface area (Å²) in [6.45, 7) is 9.21. The number of hydrogen-bond acceptors (Lipinski definition) is 7. The summed E-state index contributed by atoms with van der Waals surface area (Å²) in [5.41, 5.74) is 11.9. The summed E-state index contributed by atoms with van der Waals surface area (Å²) in [6, 6.07) is 14.5. The first-order valence-corrected chi connectivity index (χ1v) is 15.4. The average molecular weight is 592 g/mol. The fourth-order valence-corrected chi connectivity index (χ4v) is 6.68. The number of carbonyl (C=O) groups is 2. The normalized spacial score (nSPS) is 18.8. The quantitative estimate of drug-likeness (QED) is 0.350. The lowest BCUT2D eigenvalue weighted by atomic mass is 9.98. The Balaban J connectivity index is 1.12. The number of likely N-dealkylation sites (tertiary alicyclic amines) is 1. The Hall–Kier alpha value is -4.93. The predicted octanol–water partition coefficient (Wildman–Crippen LogP) is 3.90. The monoisotopic (exact) mass is 591 g/mol.